The molecule has 2 aromatic carbocycles. The number of aryl methyl sites for hydroxylation is 2. The molecule has 0 saturated carbocycles. The van der Waals surface area contributed by atoms with Crippen molar-refractivity contribution >= 4 is 39.9 Å². The fraction of sp³-hybridized carbons (Fsp3) is 0.267. The van der Waals surface area contributed by atoms with Gasteiger partial charge in [-0.15, -0.1) is 11.3 Å². The first kappa shape index (κ1) is 26.9. The maximum Gasteiger partial charge on any atom is 0.254 e. The van der Waals surface area contributed by atoms with Crippen molar-refractivity contribution in [3.8, 4) is 17.0 Å². The quantitative estimate of drug-likeness (QED) is 0.192. The number of benzene rings is 2. The molecule has 2 heterocycles. The van der Waals surface area contributed by atoms with Gasteiger partial charge in [-0.25, -0.2) is 9.97 Å². The number of hydrogen-bond acceptors (Lipinski definition) is 7. The lowest BCUT2D eigenvalue weighted by Gasteiger charge is -2.13. The molecule has 200 valence electrons. The number of methoxy groups -OCH3 is 1. The van der Waals surface area contributed by atoms with E-state index in [9.17, 15) is 9.59 Å². The van der Waals surface area contributed by atoms with Crippen LogP contribution in [0.25, 0.3) is 11.3 Å². The van der Waals surface area contributed by atoms with E-state index in [2.05, 4.69) is 20.6 Å². The summed E-state index contributed by atoms with van der Waals surface area (Å²) in [6.45, 7) is 2.35. The fourth-order valence-corrected chi connectivity index (χ4v) is 6.58. The lowest BCUT2D eigenvalue weighted by atomic mass is 9.95. The summed E-state index contributed by atoms with van der Waals surface area (Å²) >= 11 is 2.80. The Kier molecular flexibility index (Phi) is 8.58. The van der Waals surface area contributed by atoms with E-state index >= 15 is 0 Å². The minimum absolute atomic E-state index is 0.138. The van der Waals surface area contributed by atoms with Crippen LogP contribution in [0, 0.1) is 6.92 Å². The molecule has 0 fully saturated rings. The standard InChI is InChI=1S/C30H30N4O3S2/c1-19-16-24(21-12-14-22(37-2)15-13-21)33-30(32-19)38-18-26(35)34-29-27(23-10-6-7-11-25(23)39-29)28(36)31-17-20-8-4-3-5-9-20/h3-5,8-9,12-16H,6-7,10-11,17-18H2,1-2H3,(H,31,36)(H,34,35). The molecule has 0 unspecified atom stereocenters. The molecule has 0 saturated heterocycles. The number of amides is 2. The van der Waals surface area contributed by atoms with Crippen molar-refractivity contribution in [2.24, 2.45) is 0 Å². The van der Waals surface area contributed by atoms with Crippen LogP contribution in [0.2, 0.25) is 0 Å². The topological polar surface area (TPSA) is 93.2 Å². The van der Waals surface area contributed by atoms with Gasteiger partial charge in [0.2, 0.25) is 5.91 Å². The number of anilines is 1. The second kappa shape index (κ2) is 12.4. The van der Waals surface area contributed by atoms with Crippen molar-refractivity contribution in [2.45, 2.75) is 44.3 Å². The van der Waals surface area contributed by atoms with Gasteiger partial charge in [0.25, 0.3) is 5.91 Å². The first-order valence-corrected chi connectivity index (χ1v) is 14.7. The van der Waals surface area contributed by atoms with E-state index in [0.717, 1.165) is 59.5 Å². The molecule has 7 nitrogen and oxygen atoms in total. The number of rotatable bonds is 9. The number of hydrogen-bond donors (Lipinski definition) is 2. The molecule has 2 N–H and O–H groups in total. The highest BCUT2D eigenvalue weighted by Gasteiger charge is 2.26. The van der Waals surface area contributed by atoms with Crippen molar-refractivity contribution in [2.75, 3.05) is 18.2 Å². The van der Waals surface area contributed by atoms with Gasteiger partial charge in [0.1, 0.15) is 10.8 Å². The van der Waals surface area contributed by atoms with E-state index in [1.807, 2.05) is 67.6 Å². The van der Waals surface area contributed by atoms with E-state index in [-0.39, 0.29) is 17.6 Å². The summed E-state index contributed by atoms with van der Waals surface area (Å²) in [4.78, 5) is 36.7. The average molecular weight is 559 g/mol. The maximum absolute atomic E-state index is 13.3. The number of aromatic nitrogens is 2. The third kappa shape index (κ3) is 6.66. The van der Waals surface area contributed by atoms with Gasteiger partial charge in [0, 0.05) is 22.7 Å². The number of ether oxygens (including phenoxy) is 1. The summed E-state index contributed by atoms with van der Waals surface area (Å²) in [6.07, 6.45) is 3.95. The largest absolute Gasteiger partial charge is 0.497 e. The minimum Gasteiger partial charge on any atom is -0.497 e. The number of nitrogens with zero attached hydrogens (tertiary/aromatic N) is 2. The lowest BCUT2D eigenvalue weighted by Crippen LogP contribution is -2.25. The Labute approximate surface area is 236 Å². The van der Waals surface area contributed by atoms with E-state index in [1.54, 1.807) is 7.11 Å². The highest BCUT2D eigenvalue weighted by molar-refractivity contribution is 7.99. The van der Waals surface area contributed by atoms with E-state index in [4.69, 9.17) is 4.74 Å². The summed E-state index contributed by atoms with van der Waals surface area (Å²) in [5, 5.41) is 7.22. The van der Waals surface area contributed by atoms with Crippen molar-refractivity contribution in [1.82, 2.24) is 15.3 Å². The molecule has 0 aliphatic heterocycles. The Balaban J connectivity index is 1.28. The Hall–Kier alpha value is -3.69. The normalized spacial score (nSPS) is 12.5. The lowest BCUT2D eigenvalue weighted by molar-refractivity contribution is -0.113. The highest BCUT2D eigenvalue weighted by Crippen LogP contribution is 2.38. The van der Waals surface area contributed by atoms with E-state index in [0.29, 0.717) is 22.3 Å². The zero-order chi connectivity index (χ0) is 27.2. The molecular weight excluding hydrogens is 528 g/mol. The second-order valence-corrected chi connectivity index (χ2v) is 11.4. The summed E-state index contributed by atoms with van der Waals surface area (Å²) in [6, 6.07) is 19.4. The molecule has 4 aromatic rings. The van der Waals surface area contributed by atoms with Crippen molar-refractivity contribution in [3.63, 3.8) is 0 Å². The van der Waals surface area contributed by atoms with Crippen molar-refractivity contribution in [3.05, 3.63) is 87.9 Å². The number of carbonyl (C=O) groups excluding carboxylic acids is 2. The van der Waals surface area contributed by atoms with E-state index in [1.165, 1.54) is 28.0 Å². The predicted molar refractivity (Wildman–Crippen MR) is 157 cm³/mol. The molecule has 0 atom stereocenters. The number of fused-ring (bicyclic) bond motifs is 1. The second-order valence-electron chi connectivity index (χ2n) is 9.33. The molecular formula is C30H30N4O3S2. The maximum atomic E-state index is 13.3. The van der Waals surface area contributed by atoms with Crippen LogP contribution < -0.4 is 15.4 Å². The number of thiophene rings is 1. The molecule has 2 amide bonds. The van der Waals surface area contributed by atoms with Crippen LogP contribution >= 0.6 is 23.1 Å². The molecule has 5 rings (SSSR count). The third-order valence-electron chi connectivity index (χ3n) is 6.50. The Morgan fingerprint density at radius 2 is 1.79 bits per heavy atom. The molecule has 39 heavy (non-hydrogen) atoms. The van der Waals surface area contributed by atoms with Crippen LogP contribution in [0.1, 0.15) is 44.9 Å². The molecule has 1 aliphatic rings. The van der Waals surface area contributed by atoms with Gasteiger partial charge < -0.3 is 15.4 Å². The Morgan fingerprint density at radius 3 is 2.56 bits per heavy atom. The average Bonchev–Trinajstić information content (AvgIpc) is 3.33. The number of nitrogens with one attached hydrogen (secondary N) is 2. The Morgan fingerprint density at radius 1 is 1.03 bits per heavy atom. The Bertz CT molecular complexity index is 1470. The van der Waals surface area contributed by atoms with E-state index < -0.39 is 0 Å². The summed E-state index contributed by atoms with van der Waals surface area (Å²) in [5.74, 6) is 0.581. The van der Waals surface area contributed by atoms with Crippen LogP contribution in [-0.2, 0) is 24.2 Å². The summed E-state index contributed by atoms with van der Waals surface area (Å²) in [5.41, 5.74) is 5.27. The predicted octanol–water partition coefficient (Wildman–Crippen LogP) is 6.06. The molecule has 0 radical (unpaired) electrons. The van der Waals surface area contributed by atoms with Crippen LogP contribution in [0.4, 0.5) is 5.00 Å². The van der Waals surface area contributed by atoms with Crippen LogP contribution in [0.15, 0.2) is 65.8 Å². The van der Waals surface area contributed by atoms with Gasteiger partial charge in [-0.1, -0.05) is 42.1 Å². The fourth-order valence-electron chi connectivity index (χ4n) is 4.57. The van der Waals surface area contributed by atoms with Crippen molar-refractivity contribution in [1.29, 1.82) is 0 Å². The molecule has 0 bridgehead atoms. The van der Waals surface area contributed by atoms with Gasteiger partial charge in [-0.05, 0) is 74.1 Å². The zero-order valence-corrected chi connectivity index (χ0v) is 23.6. The number of carbonyl (C=O) groups is 2. The van der Waals surface area contributed by atoms with Crippen LogP contribution in [0.5, 0.6) is 5.75 Å². The number of thioether (sulfide) groups is 1. The first-order valence-electron chi connectivity index (χ1n) is 12.9. The molecule has 9 heteroatoms. The van der Waals surface area contributed by atoms with Crippen LogP contribution in [-0.4, -0.2) is 34.6 Å². The van der Waals surface area contributed by atoms with Gasteiger partial charge in [-0.2, -0.15) is 0 Å². The SMILES string of the molecule is COc1ccc(-c2cc(C)nc(SCC(=O)Nc3sc4c(c3C(=O)NCc3ccccc3)CCCC4)n2)cc1. The monoisotopic (exact) mass is 558 g/mol. The van der Waals surface area contributed by atoms with Crippen molar-refractivity contribution < 1.29 is 14.3 Å². The molecule has 1 aliphatic carbocycles. The summed E-state index contributed by atoms with van der Waals surface area (Å²) < 4.78 is 5.24. The molecule has 0 spiro atoms. The van der Waals surface area contributed by atoms with Crippen LogP contribution in [0.3, 0.4) is 0 Å². The third-order valence-corrected chi connectivity index (χ3v) is 8.55. The first-order chi connectivity index (χ1) is 19.0. The van der Waals surface area contributed by atoms with Gasteiger partial charge in [0.15, 0.2) is 5.16 Å². The highest BCUT2D eigenvalue weighted by atomic mass is 32.2. The zero-order valence-electron chi connectivity index (χ0n) is 22.0. The van der Waals surface area contributed by atoms with Gasteiger partial charge >= 0.3 is 0 Å². The summed E-state index contributed by atoms with van der Waals surface area (Å²) in [7, 11) is 1.63. The smallest absolute Gasteiger partial charge is 0.254 e. The minimum atomic E-state index is -0.188. The van der Waals surface area contributed by atoms with Gasteiger partial charge in [0.05, 0.1) is 24.1 Å². The van der Waals surface area contributed by atoms with Gasteiger partial charge in [-0.3, -0.25) is 9.59 Å². The molecule has 2 aromatic heterocycles.